The summed E-state index contributed by atoms with van der Waals surface area (Å²) in [5.74, 6) is 0.466. The number of benzene rings is 2. The molecule has 0 N–H and O–H groups in total. The molecular weight excluding hydrogens is 405 g/mol. The van der Waals surface area contributed by atoms with E-state index in [0.717, 1.165) is 6.20 Å². The van der Waals surface area contributed by atoms with Gasteiger partial charge in [-0.05, 0) is 48.5 Å². The molecule has 0 radical (unpaired) electrons. The highest BCUT2D eigenvalue weighted by molar-refractivity contribution is 6.30. The fraction of sp³-hybridized carbons (Fsp3) is 0.200. The maximum Gasteiger partial charge on any atom is 0.421 e. The van der Waals surface area contributed by atoms with Gasteiger partial charge in [-0.15, -0.1) is 0 Å². The smallest absolute Gasteiger partial charge is 0.421 e. The molecule has 1 heterocycles. The lowest BCUT2D eigenvalue weighted by molar-refractivity contribution is -0.137. The summed E-state index contributed by atoms with van der Waals surface area (Å²) in [7, 11) is 4.71. The summed E-state index contributed by atoms with van der Waals surface area (Å²) >= 11 is 5.90. The highest BCUT2D eigenvalue weighted by atomic mass is 35.5. The number of hydrogen-bond acceptors (Lipinski definition) is 5. The number of ether oxygens (including phenoxy) is 1. The monoisotopic (exact) mass is 422 g/mol. The molecule has 0 saturated carbocycles. The van der Waals surface area contributed by atoms with Gasteiger partial charge < -0.3 is 14.5 Å². The van der Waals surface area contributed by atoms with Crippen LogP contribution in [0.15, 0.2) is 54.7 Å². The van der Waals surface area contributed by atoms with Crippen LogP contribution in [-0.4, -0.2) is 31.2 Å². The van der Waals surface area contributed by atoms with Crippen molar-refractivity contribution in [2.75, 3.05) is 31.0 Å². The largest absolute Gasteiger partial charge is 0.497 e. The highest BCUT2D eigenvalue weighted by Gasteiger charge is 2.37. The van der Waals surface area contributed by atoms with E-state index in [-0.39, 0.29) is 11.8 Å². The molecule has 0 aliphatic rings. The topological polar surface area (TPSA) is 41.5 Å². The molecular formula is C20H18ClF3N4O. The zero-order valence-electron chi connectivity index (χ0n) is 15.9. The van der Waals surface area contributed by atoms with Crippen molar-refractivity contribution in [2.24, 2.45) is 0 Å². The number of methoxy groups -OCH3 is 1. The van der Waals surface area contributed by atoms with Crippen LogP contribution in [0.3, 0.4) is 0 Å². The second-order valence-corrected chi connectivity index (χ2v) is 6.63. The summed E-state index contributed by atoms with van der Waals surface area (Å²) < 4.78 is 45.9. The third kappa shape index (κ3) is 4.54. The van der Waals surface area contributed by atoms with Gasteiger partial charge in [0, 0.05) is 36.7 Å². The molecule has 0 aliphatic carbocycles. The van der Waals surface area contributed by atoms with E-state index in [9.17, 15) is 13.2 Å². The Balaban J connectivity index is 2.04. The van der Waals surface area contributed by atoms with Crippen molar-refractivity contribution in [3.63, 3.8) is 0 Å². The molecule has 0 atom stereocenters. The summed E-state index contributed by atoms with van der Waals surface area (Å²) in [6.07, 6.45) is -3.81. The van der Waals surface area contributed by atoms with E-state index in [1.165, 1.54) is 19.1 Å². The van der Waals surface area contributed by atoms with Gasteiger partial charge in [-0.1, -0.05) is 11.6 Å². The van der Waals surface area contributed by atoms with Gasteiger partial charge in [0.2, 0.25) is 5.95 Å². The molecule has 2 aromatic carbocycles. The first kappa shape index (κ1) is 20.7. The average molecular weight is 423 g/mol. The van der Waals surface area contributed by atoms with Crippen molar-refractivity contribution in [2.45, 2.75) is 6.18 Å². The van der Waals surface area contributed by atoms with Crippen LogP contribution in [0.4, 0.5) is 36.3 Å². The molecule has 29 heavy (non-hydrogen) atoms. The molecule has 0 amide bonds. The summed E-state index contributed by atoms with van der Waals surface area (Å²) in [5, 5.41) is 0.551. The zero-order chi connectivity index (χ0) is 21.2. The van der Waals surface area contributed by atoms with Crippen LogP contribution in [-0.2, 0) is 6.18 Å². The second kappa shape index (κ2) is 8.16. The molecule has 152 valence electrons. The fourth-order valence-corrected chi connectivity index (χ4v) is 2.82. The summed E-state index contributed by atoms with van der Waals surface area (Å²) in [6, 6.07) is 13.5. The van der Waals surface area contributed by atoms with Crippen LogP contribution in [0.25, 0.3) is 0 Å². The van der Waals surface area contributed by atoms with Gasteiger partial charge >= 0.3 is 6.18 Å². The predicted molar refractivity (Wildman–Crippen MR) is 108 cm³/mol. The third-order valence-corrected chi connectivity index (χ3v) is 4.60. The number of nitrogens with zero attached hydrogens (tertiary/aromatic N) is 4. The van der Waals surface area contributed by atoms with E-state index >= 15 is 0 Å². The minimum Gasteiger partial charge on any atom is -0.497 e. The lowest BCUT2D eigenvalue weighted by atomic mass is 10.2. The molecule has 0 saturated heterocycles. The second-order valence-electron chi connectivity index (χ2n) is 6.20. The normalized spacial score (nSPS) is 11.3. The molecule has 5 nitrogen and oxygen atoms in total. The van der Waals surface area contributed by atoms with Crippen molar-refractivity contribution in [1.82, 2.24) is 9.97 Å². The van der Waals surface area contributed by atoms with Crippen LogP contribution in [0.5, 0.6) is 5.75 Å². The van der Waals surface area contributed by atoms with Crippen LogP contribution in [0.1, 0.15) is 5.56 Å². The van der Waals surface area contributed by atoms with E-state index in [0.29, 0.717) is 22.1 Å². The molecule has 9 heteroatoms. The molecule has 1 aromatic heterocycles. The van der Waals surface area contributed by atoms with Gasteiger partial charge in [-0.2, -0.15) is 18.2 Å². The van der Waals surface area contributed by atoms with Crippen molar-refractivity contribution in [3.8, 4) is 5.75 Å². The van der Waals surface area contributed by atoms with E-state index in [1.54, 1.807) is 60.5 Å². The van der Waals surface area contributed by atoms with Gasteiger partial charge in [0.15, 0.2) is 5.82 Å². The Morgan fingerprint density at radius 1 is 0.897 bits per heavy atom. The molecule has 0 bridgehead atoms. The van der Waals surface area contributed by atoms with Gasteiger partial charge in [0.05, 0.1) is 7.11 Å². The van der Waals surface area contributed by atoms with Gasteiger partial charge in [-0.3, -0.25) is 0 Å². The number of anilines is 4. The Morgan fingerprint density at radius 3 is 2.00 bits per heavy atom. The number of rotatable bonds is 5. The van der Waals surface area contributed by atoms with Crippen molar-refractivity contribution in [3.05, 3.63) is 65.3 Å². The SMILES string of the molecule is COc1ccc(N(C)c2nc(N(C)c3ccc(Cl)cc3)ncc2C(F)(F)F)cc1. The average Bonchev–Trinajstić information content (AvgIpc) is 2.72. The number of alkyl halides is 3. The predicted octanol–water partition coefficient (Wildman–Crippen LogP) is 5.69. The van der Waals surface area contributed by atoms with Crippen LogP contribution in [0, 0.1) is 0 Å². The van der Waals surface area contributed by atoms with Gasteiger partial charge in [0.1, 0.15) is 11.3 Å². The van der Waals surface area contributed by atoms with Crippen molar-refractivity contribution in [1.29, 1.82) is 0 Å². The van der Waals surface area contributed by atoms with Crippen molar-refractivity contribution < 1.29 is 17.9 Å². The van der Waals surface area contributed by atoms with Crippen molar-refractivity contribution >= 4 is 34.7 Å². The maximum atomic E-state index is 13.6. The lowest BCUT2D eigenvalue weighted by Gasteiger charge is -2.25. The van der Waals surface area contributed by atoms with Crippen LogP contribution >= 0.6 is 11.6 Å². The molecule has 0 aliphatic heterocycles. The Hall–Kier alpha value is -3.00. The molecule has 3 aromatic rings. The van der Waals surface area contributed by atoms with E-state index in [2.05, 4.69) is 9.97 Å². The lowest BCUT2D eigenvalue weighted by Crippen LogP contribution is -2.21. The first-order chi connectivity index (χ1) is 13.7. The van der Waals surface area contributed by atoms with E-state index in [1.807, 2.05) is 0 Å². The van der Waals surface area contributed by atoms with Gasteiger partial charge in [-0.25, -0.2) is 4.98 Å². The molecule has 3 rings (SSSR count). The minimum atomic E-state index is -4.60. The van der Waals surface area contributed by atoms with Crippen LogP contribution < -0.4 is 14.5 Å². The highest BCUT2D eigenvalue weighted by Crippen LogP contribution is 2.38. The van der Waals surface area contributed by atoms with E-state index in [4.69, 9.17) is 16.3 Å². The third-order valence-electron chi connectivity index (χ3n) is 4.35. The Bertz CT molecular complexity index is 979. The molecule has 0 fully saturated rings. The minimum absolute atomic E-state index is 0.121. The number of halogens is 4. The van der Waals surface area contributed by atoms with Crippen LogP contribution in [0.2, 0.25) is 5.02 Å². The van der Waals surface area contributed by atoms with Gasteiger partial charge in [0.25, 0.3) is 0 Å². The summed E-state index contributed by atoms with van der Waals surface area (Å²) in [4.78, 5) is 11.1. The quantitative estimate of drug-likeness (QED) is 0.528. The molecule has 0 unspecified atom stereocenters. The summed E-state index contributed by atoms with van der Waals surface area (Å²) in [6.45, 7) is 0. The molecule has 0 spiro atoms. The standard InChI is InChI=1S/C20H18ClF3N4O/c1-27(14-8-10-16(29-3)11-9-14)18-17(20(22,23)24)12-25-19(26-18)28(2)15-6-4-13(21)5-7-15/h4-12H,1-3H3. The number of hydrogen-bond donors (Lipinski definition) is 0. The zero-order valence-corrected chi connectivity index (χ0v) is 16.7. The Morgan fingerprint density at radius 2 is 1.45 bits per heavy atom. The van der Waals surface area contributed by atoms with E-state index < -0.39 is 11.7 Å². The Kier molecular flexibility index (Phi) is 5.83. The fourth-order valence-electron chi connectivity index (χ4n) is 2.69. The summed E-state index contributed by atoms with van der Waals surface area (Å²) in [5.41, 5.74) is 0.284. The Labute approximate surface area is 171 Å². The maximum absolute atomic E-state index is 13.6. The number of aromatic nitrogens is 2. The first-order valence-electron chi connectivity index (χ1n) is 8.52. The first-order valence-corrected chi connectivity index (χ1v) is 8.90.